The van der Waals surface area contributed by atoms with Crippen LogP contribution >= 0.6 is 0 Å². The lowest BCUT2D eigenvalue weighted by Gasteiger charge is -2.33. The molecule has 30 heavy (non-hydrogen) atoms. The highest BCUT2D eigenvalue weighted by molar-refractivity contribution is 7.88. The molecule has 1 N–H and O–H groups in total. The number of nitrogens with one attached hydrogen (secondary N) is 1. The maximum atomic E-state index is 12.5. The van der Waals surface area contributed by atoms with Gasteiger partial charge < -0.3 is 14.4 Å². The first-order chi connectivity index (χ1) is 14.5. The smallest absolute Gasteiger partial charge is 0.222 e. The molecule has 0 radical (unpaired) electrons. The molecule has 1 saturated heterocycles. The van der Waals surface area contributed by atoms with Crippen LogP contribution in [0.3, 0.4) is 0 Å². The van der Waals surface area contributed by atoms with E-state index in [4.69, 9.17) is 9.47 Å². The van der Waals surface area contributed by atoms with Crippen LogP contribution in [0.25, 0.3) is 0 Å². The Bertz CT molecular complexity index is 916. The molecular formula is C22H28N2O5S. The molecule has 2 aromatic carbocycles. The summed E-state index contributed by atoms with van der Waals surface area (Å²) in [7, 11) is -1.89. The van der Waals surface area contributed by atoms with E-state index >= 15 is 0 Å². The lowest BCUT2D eigenvalue weighted by atomic mass is 10.1. The zero-order chi connectivity index (χ0) is 21.4. The van der Waals surface area contributed by atoms with Crippen molar-refractivity contribution in [1.29, 1.82) is 0 Å². The Labute approximate surface area is 178 Å². The summed E-state index contributed by atoms with van der Waals surface area (Å²) in [5.41, 5.74) is 1.74. The largest absolute Gasteiger partial charge is 0.497 e. The van der Waals surface area contributed by atoms with Crippen molar-refractivity contribution in [2.24, 2.45) is 0 Å². The van der Waals surface area contributed by atoms with Crippen LogP contribution in [0.5, 0.6) is 5.75 Å². The van der Waals surface area contributed by atoms with E-state index in [2.05, 4.69) is 4.72 Å². The van der Waals surface area contributed by atoms with Crippen LogP contribution in [-0.2, 0) is 25.3 Å². The summed E-state index contributed by atoms with van der Waals surface area (Å²) in [5, 5.41) is 0. The van der Waals surface area contributed by atoms with Gasteiger partial charge in [-0.05, 0) is 29.7 Å². The van der Waals surface area contributed by atoms with Gasteiger partial charge in [0.25, 0.3) is 0 Å². The highest BCUT2D eigenvalue weighted by Crippen LogP contribution is 2.22. The van der Waals surface area contributed by atoms with Crippen LogP contribution < -0.4 is 9.46 Å². The second kappa shape index (κ2) is 10.6. The fraction of sp³-hybridized carbons (Fsp3) is 0.409. The van der Waals surface area contributed by atoms with Gasteiger partial charge in [0, 0.05) is 19.5 Å². The van der Waals surface area contributed by atoms with Crippen molar-refractivity contribution in [2.45, 2.75) is 24.7 Å². The second-order valence-electron chi connectivity index (χ2n) is 7.21. The predicted octanol–water partition coefficient (Wildman–Crippen LogP) is 2.49. The molecule has 7 nitrogen and oxygen atoms in total. The number of hydrogen-bond donors (Lipinski definition) is 1. The molecule has 8 heteroatoms. The van der Waals surface area contributed by atoms with Crippen LogP contribution in [0.4, 0.5) is 0 Å². The van der Waals surface area contributed by atoms with Crippen LogP contribution in [-0.4, -0.2) is 52.6 Å². The van der Waals surface area contributed by atoms with Gasteiger partial charge >= 0.3 is 0 Å². The molecule has 0 saturated carbocycles. The van der Waals surface area contributed by atoms with Crippen molar-refractivity contribution >= 4 is 15.9 Å². The van der Waals surface area contributed by atoms with Gasteiger partial charge in [-0.25, -0.2) is 13.1 Å². The predicted molar refractivity (Wildman–Crippen MR) is 115 cm³/mol. The van der Waals surface area contributed by atoms with Crippen molar-refractivity contribution in [3.63, 3.8) is 0 Å². The highest BCUT2D eigenvalue weighted by atomic mass is 32.2. The Hall–Kier alpha value is -2.42. The molecule has 1 unspecified atom stereocenters. The minimum atomic E-state index is -3.46. The summed E-state index contributed by atoms with van der Waals surface area (Å²) in [4.78, 5) is 14.3. The summed E-state index contributed by atoms with van der Waals surface area (Å²) in [6.45, 7) is 1.81. The minimum absolute atomic E-state index is 0.0218. The van der Waals surface area contributed by atoms with E-state index in [1.165, 1.54) is 0 Å². The molecule has 3 rings (SSSR count). The number of benzene rings is 2. The Kier molecular flexibility index (Phi) is 7.84. The Morgan fingerprint density at radius 3 is 2.60 bits per heavy atom. The third kappa shape index (κ3) is 6.55. The number of carbonyl (C=O) groups excluding carboxylic acids is 1. The number of carbonyl (C=O) groups is 1. The van der Waals surface area contributed by atoms with Gasteiger partial charge in [-0.15, -0.1) is 0 Å². The third-order valence-corrected chi connectivity index (χ3v) is 6.35. The van der Waals surface area contributed by atoms with Crippen molar-refractivity contribution in [2.75, 3.05) is 33.4 Å². The standard InChI is InChI=1S/C22H28N2O5S/c1-28-20-11-9-18(10-12-20)17-30(26,27)23-13-5-8-22(25)24-14-15-29-21(16-24)19-6-3-2-4-7-19/h2-4,6-7,9-12,21,23H,5,8,13-17H2,1H3. The third-order valence-electron chi connectivity index (χ3n) is 5.00. The second-order valence-corrected chi connectivity index (χ2v) is 9.02. The lowest BCUT2D eigenvalue weighted by Crippen LogP contribution is -2.42. The molecule has 0 bridgehead atoms. The van der Waals surface area contributed by atoms with Gasteiger partial charge in [0.05, 0.1) is 26.0 Å². The molecule has 1 aliphatic rings. The normalized spacial score (nSPS) is 17.0. The van der Waals surface area contributed by atoms with Gasteiger partial charge in [0.15, 0.2) is 0 Å². The molecule has 0 aliphatic carbocycles. The van der Waals surface area contributed by atoms with Crippen molar-refractivity contribution in [3.05, 3.63) is 65.7 Å². The van der Waals surface area contributed by atoms with Crippen molar-refractivity contribution in [1.82, 2.24) is 9.62 Å². The van der Waals surface area contributed by atoms with Gasteiger partial charge in [0.1, 0.15) is 11.9 Å². The zero-order valence-electron chi connectivity index (χ0n) is 17.1. The van der Waals surface area contributed by atoms with Gasteiger partial charge in [-0.1, -0.05) is 42.5 Å². The van der Waals surface area contributed by atoms with E-state index in [0.29, 0.717) is 43.9 Å². The number of rotatable bonds is 9. The van der Waals surface area contributed by atoms with E-state index in [0.717, 1.165) is 5.56 Å². The number of morpholine rings is 1. The molecular weight excluding hydrogens is 404 g/mol. The van der Waals surface area contributed by atoms with Crippen molar-refractivity contribution < 1.29 is 22.7 Å². The topological polar surface area (TPSA) is 84.9 Å². The van der Waals surface area contributed by atoms with Gasteiger partial charge in [0.2, 0.25) is 15.9 Å². The zero-order valence-corrected chi connectivity index (χ0v) is 17.9. The first kappa shape index (κ1) is 22.3. The highest BCUT2D eigenvalue weighted by Gasteiger charge is 2.25. The summed E-state index contributed by atoms with van der Waals surface area (Å²) >= 11 is 0. The van der Waals surface area contributed by atoms with Crippen molar-refractivity contribution in [3.8, 4) is 5.75 Å². The number of amides is 1. The molecule has 1 atom stereocenters. The summed E-state index contributed by atoms with van der Waals surface area (Å²) in [6.07, 6.45) is 0.632. The minimum Gasteiger partial charge on any atom is -0.497 e. The molecule has 1 amide bonds. The van der Waals surface area contributed by atoms with E-state index < -0.39 is 10.0 Å². The summed E-state index contributed by atoms with van der Waals surface area (Å²) in [5.74, 6) is 0.599. The average Bonchev–Trinajstić information content (AvgIpc) is 2.77. The summed E-state index contributed by atoms with van der Waals surface area (Å²) in [6, 6.07) is 16.8. The monoisotopic (exact) mass is 432 g/mol. The SMILES string of the molecule is COc1ccc(CS(=O)(=O)NCCCC(=O)N2CCOC(c3ccccc3)C2)cc1. The first-order valence-electron chi connectivity index (χ1n) is 10.0. The van der Waals surface area contributed by atoms with Crippen LogP contribution in [0.2, 0.25) is 0 Å². The number of hydrogen-bond acceptors (Lipinski definition) is 5. The lowest BCUT2D eigenvalue weighted by molar-refractivity contribution is -0.139. The van der Waals surface area contributed by atoms with Gasteiger partial charge in [-0.3, -0.25) is 4.79 Å². The van der Waals surface area contributed by atoms with E-state index in [9.17, 15) is 13.2 Å². The molecule has 162 valence electrons. The van der Waals surface area contributed by atoms with Gasteiger partial charge in [-0.2, -0.15) is 0 Å². The quantitative estimate of drug-likeness (QED) is 0.616. The molecule has 2 aromatic rings. The molecule has 1 heterocycles. The molecule has 1 aliphatic heterocycles. The van der Waals surface area contributed by atoms with E-state index in [1.54, 1.807) is 36.3 Å². The number of ether oxygens (including phenoxy) is 2. The van der Waals surface area contributed by atoms with Crippen LogP contribution in [0, 0.1) is 0 Å². The maximum Gasteiger partial charge on any atom is 0.222 e. The number of methoxy groups -OCH3 is 1. The molecule has 0 spiro atoms. The Morgan fingerprint density at radius 1 is 1.17 bits per heavy atom. The van der Waals surface area contributed by atoms with E-state index in [-0.39, 0.29) is 24.3 Å². The molecule has 0 aromatic heterocycles. The Balaban J connectivity index is 1.41. The van der Waals surface area contributed by atoms with Crippen LogP contribution in [0.15, 0.2) is 54.6 Å². The fourth-order valence-corrected chi connectivity index (χ4v) is 4.55. The number of nitrogens with zero attached hydrogens (tertiary/aromatic N) is 1. The summed E-state index contributed by atoms with van der Waals surface area (Å²) < 4.78 is 37.9. The fourth-order valence-electron chi connectivity index (χ4n) is 3.36. The maximum absolute atomic E-state index is 12.5. The Morgan fingerprint density at radius 2 is 1.90 bits per heavy atom. The van der Waals surface area contributed by atoms with E-state index in [1.807, 2.05) is 30.3 Å². The molecule has 1 fully saturated rings. The average molecular weight is 433 g/mol. The number of sulfonamides is 1. The van der Waals surface area contributed by atoms with Crippen LogP contribution in [0.1, 0.15) is 30.1 Å². The first-order valence-corrected chi connectivity index (χ1v) is 11.7.